The van der Waals surface area contributed by atoms with Gasteiger partial charge in [0.15, 0.2) is 0 Å². The molecule has 3 N–H and O–H groups in total. The van der Waals surface area contributed by atoms with Gasteiger partial charge in [-0.15, -0.1) is 0 Å². The van der Waals surface area contributed by atoms with E-state index in [1.807, 2.05) is 6.92 Å². The Morgan fingerprint density at radius 2 is 2.29 bits per heavy atom. The predicted molar refractivity (Wildman–Crippen MR) is 53.4 cm³/mol. The molecule has 0 unspecified atom stereocenters. The van der Waals surface area contributed by atoms with Gasteiger partial charge < -0.3 is 15.6 Å². The minimum Gasteiger partial charge on any atom is -0.494 e. The number of anilines is 1. The first-order chi connectivity index (χ1) is 6.65. The minimum absolute atomic E-state index is 0.109. The van der Waals surface area contributed by atoms with E-state index in [1.165, 1.54) is 0 Å². The van der Waals surface area contributed by atoms with Crippen molar-refractivity contribution in [2.75, 3.05) is 12.3 Å². The Labute approximate surface area is 82.3 Å². The van der Waals surface area contributed by atoms with E-state index in [-0.39, 0.29) is 6.42 Å². The van der Waals surface area contributed by atoms with Crippen LogP contribution >= 0.6 is 0 Å². The summed E-state index contributed by atoms with van der Waals surface area (Å²) in [6.45, 7) is 2.34. The Morgan fingerprint density at radius 3 is 2.86 bits per heavy atom. The number of hydrogen-bond acceptors (Lipinski definition) is 3. The average molecular weight is 195 g/mol. The molecule has 0 aliphatic rings. The molecule has 0 saturated carbocycles. The van der Waals surface area contributed by atoms with Gasteiger partial charge in [-0.2, -0.15) is 0 Å². The van der Waals surface area contributed by atoms with Gasteiger partial charge in [-0.1, -0.05) is 6.07 Å². The van der Waals surface area contributed by atoms with Crippen LogP contribution in [0.5, 0.6) is 5.75 Å². The van der Waals surface area contributed by atoms with Crippen molar-refractivity contribution in [1.29, 1.82) is 0 Å². The van der Waals surface area contributed by atoms with Crippen molar-refractivity contribution in [3.63, 3.8) is 0 Å². The molecule has 0 radical (unpaired) electrons. The van der Waals surface area contributed by atoms with Gasteiger partial charge in [-0.3, -0.25) is 4.79 Å². The topological polar surface area (TPSA) is 72.5 Å². The van der Waals surface area contributed by atoms with E-state index in [4.69, 9.17) is 15.6 Å². The van der Waals surface area contributed by atoms with Crippen molar-refractivity contribution in [3.05, 3.63) is 23.8 Å². The average Bonchev–Trinajstić information content (AvgIpc) is 2.11. The maximum atomic E-state index is 10.6. The normalized spacial score (nSPS) is 9.79. The lowest BCUT2D eigenvalue weighted by Gasteiger charge is -2.10. The van der Waals surface area contributed by atoms with Crippen LogP contribution in [0, 0.1) is 0 Å². The van der Waals surface area contributed by atoms with Gasteiger partial charge in [0.2, 0.25) is 0 Å². The number of carboxylic acid groups (broad SMARTS) is 1. The SMILES string of the molecule is CCOc1cccc(N)c1CC(=O)O. The highest BCUT2D eigenvalue weighted by molar-refractivity contribution is 5.74. The monoisotopic (exact) mass is 195 g/mol. The van der Waals surface area contributed by atoms with Gasteiger partial charge in [0.1, 0.15) is 5.75 Å². The molecule has 0 atom stereocenters. The number of benzene rings is 1. The lowest BCUT2D eigenvalue weighted by atomic mass is 10.1. The fraction of sp³-hybridized carbons (Fsp3) is 0.300. The molecule has 4 nitrogen and oxygen atoms in total. The number of rotatable bonds is 4. The summed E-state index contributed by atoms with van der Waals surface area (Å²) in [5.74, 6) is -0.362. The van der Waals surface area contributed by atoms with Gasteiger partial charge in [-0.05, 0) is 19.1 Å². The number of nitrogens with two attached hydrogens (primary N) is 1. The van der Waals surface area contributed by atoms with Gasteiger partial charge >= 0.3 is 5.97 Å². The zero-order valence-electron chi connectivity index (χ0n) is 7.99. The molecule has 1 aromatic rings. The summed E-state index contributed by atoms with van der Waals surface area (Å²) in [4.78, 5) is 10.6. The highest BCUT2D eigenvalue weighted by Crippen LogP contribution is 2.24. The number of nitrogen functional groups attached to an aromatic ring is 1. The van der Waals surface area contributed by atoms with Crippen molar-refractivity contribution in [3.8, 4) is 5.75 Å². The summed E-state index contributed by atoms with van der Waals surface area (Å²) in [6.07, 6.45) is -0.109. The molecule has 76 valence electrons. The fourth-order valence-corrected chi connectivity index (χ4v) is 1.21. The maximum Gasteiger partial charge on any atom is 0.308 e. The van der Waals surface area contributed by atoms with Crippen molar-refractivity contribution >= 4 is 11.7 Å². The second kappa shape index (κ2) is 4.50. The molecule has 0 spiro atoms. The van der Waals surface area contributed by atoms with Crippen LogP contribution in [0.4, 0.5) is 5.69 Å². The van der Waals surface area contributed by atoms with E-state index >= 15 is 0 Å². The molecule has 0 fully saturated rings. The van der Waals surface area contributed by atoms with Crippen LogP contribution < -0.4 is 10.5 Å². The molecule has 1 rings (SSSR count). The quantitative estimate of drug-likeness (QED) is 0.710. The number of carbonyl (C=O) groups is 1. The molecule has 1 aromatic carbocycles. The third kappa shape index (κ3) is 2.39. The Balaban J connectivity index is 3.02. The van der Waals surface area contributed by atoms with E-state index in [0.29, 0.717) is 23.6 Å². The van der Waals surface area contributed by atoms with Crippen molar-refractivity contribution in [2.45, 2.75) is 13.3 Å². The highest BCUT2D eigenvalue weighted by Gasteiger charge is 2.10. The lowest BCUT2D eigenvalue weighted by Crippen LogP contribution is -2.06. The number of ether oxygens (including phenoxy) is 1. The van der Waals surface area contributed by atoms with E-state index < -0.39 is 5.97 Å². The van der Waals surface area contributed by atoms with Crippen LogP contribution in [0.15, 0.2) is 18.2 Å². The predicted octanol–water partition coefficient (Wildman–Crippen LogP) is 1.29. The van der Waals surface area contributed by atoms with Crippen LogP contribution in [0.3, 0.4) is 0 Å². The number of carboxylic acids is 1. The molecule has 0 aromatic heterocycles. The zero-order valence-corrected chi connectivity index (χ0v) is 7.99. The first kappa shape index (κ1) is 10.4. The molecule has 14 heavy (non-hydrogen) atoms. The van der Waals surface area contributed by atoms with Crippen molar-refractivity contribution in [1.82, 2.24) is 0 Å². The first-order valence-corrected chi connectivity index (χ1v) is 4.37. The van der Waals surface area contributed by atoms with Crippen LogP contribution in [0.2, 0.25) is 0 Å². The van der Waals surface area contributed by atoms with Gasteiger partial charge in [0.25, 0.3) is 0 Å². The summed E-state index contributed by atoms with van der Waals surface area (Å²) in [6, 6.07) is 5.13. The molecular weight excluding hydrogens is 182 g/mol. The van der Waals surface area contributed by atoms with Crippen molar-refractivity contribution < 1.29 is 14.6 Å². The summed E-state index contributed by atoms with van der Waals surface area (Å²) in [5, 5.41) is 8.67. The third-order valence-electron chi connectivity index (χ3n) is 1.80. The molecule has 0 heterocycles. The van der Waals surface area contributed by atoms with Crippen LogP contribution in [0.25, 0.3) is 0 Å². The van der Waals surface area contributed by atoms with Crippen LogP contribution in [0.1, 0.15) is 12.5 Å². The zero-order chi connectivity index (χ0) is 10.6. The van der Waals surface area contributed by atoms with Crippen LogP contribution in [-0.4, -0.2) is 17.7 Å². The van der Waals surface area contributed by atoms with E-state index in [0.717, 1.165) is 0 Å². The highest BCUT2D eigenvalue weighted by atomic mass is 16.5. The largest absolute Gasteiger partial charge is 0.494 e. The van der Waals surface area contributed by atoms with E-state index in [2.05, 4.69) is 0 Å². The summed E-state index contributed by atoms with van der Waals surface area (Å²) in [5.41, 5.74) is 6.66. The first-order valence-electron chi connectivity index (χ1n) is 4.37. The second-order valence-corrected chi connectivity index (χ2v) is 2.83. The van der Waals surface area contributed by atoms with Gasteiger partial charge in [-0.25, -0.2) is 0 Å². The third-order valence-corrected chi connectivity index (χ3v) is 1.80. The standard InChI is InChI=1S/C10H13NO3/c1-2-14-9-5-3-4-8(11)7(9)6-10(12)13/h3-5H,2,6,11H2,1H3,(H,12,13). The Hall–Kier alpha value is -1.71. The minimum atomic E-state index is -0.913. The Morgan fingerprint density at radius 1 is 1.57 bits per heavy atom. The summed E-state index contributed by atoms with van der Waals surface area (Å²) in [7, 11) is 0. The maximum absolute atomic E-state index is 10.6. The van der Waals surface area contributed by atoms with Gasteiger partial charge in [0, 0.05) is 11.3 Å². The molecule has 0 amide bonds. The summed E-state index contributed by atoms with van der Waals surface area (Å²) < 4.78 is 5.28. The van der Waals surface area contributed by atoms with Gasteiger partial charge in [0.05, 0.1) is 13.0 Å². The molecule has 4 heteroatoms. The molecular formula is C10H13NO3. The molecule has 0 bridgehead atoms. The summed E-state index contributed by atoms with van der Waals surface area (Å²) >= 11 is 0. The van der Waals surface area contributed by atoms with Crippen molar-refractivity contribution in [2.24, 2.45) is 0 Å². The Bertz CT molecular complexity index is 336. The number of hydrogen-bond donors (Lipinski definition) is 2. The molecule has 0 aliphatic carbocycles. The molecule has 0 aliphatic heterocycles. The lowest BCUT2D eigenvalue weighted by molar-refractivity contribution is -0.136. The fourth-order valence-electron chi connectivity index (χ4n) is 1.21. The van der Waals surface area contributed by atoms with E-state index in [9.17, 15) is 4.79 Å². The second-order valence-electron chi connectivity index (χ2n) is 2.83. The number of aliphatic carboxylic acids is 1. The van der Waals surface area contributed by atoms with E-state index in [1.54, 1.807) is 18.2 Å². The Kier molecular flexibility index (Phi) is 3.34. The molecule has 0 saturated heterocycles. The van der Waals surface area contributed by atoms with Crippen LogP contribution in [-0.2, 0) is 11.2 Å². The smallest absolute Gasteiger partial charge is 0.308 e.